The summed E-state index contributed by atoms with van der Waals surface area (Å²) in [4.78, 5) is 25.1. The minimum absolute atomic E-state index is 0.0577. The Balaban J connectivity index is 1.60. The molecule has 0 aromatic heterocycles. The van der Waals surface area contributed by atoms with E-state index in [-0.39, 0.29) is 24.5 Å². The van der Waals surface area contributed by atoms with Crippen molar-refractivity contribution >= 4 is 27.9 Å². The molecule has 0 heterocycles. The first-order valence-electron chi connectivity index (χ1n) is 10.2. The maximum absolute atomic E-state index is 12.6. The van der Waals surface area contributed by atoms with Crippen molar-refractivity contribution < 1.29 is 28.5 Å². The second-order valence-electron chi connectivity index (χ2n) is 6.68. The predicted octanol–water partition coefficient (Wildman–Crippen LogP) is 5.69. The highest BCUT2D eigenvalue weighted by atomic mass is 79.9. The molecule has 6 nitrogen and oxygen atoms in total. The van der Waals surface area contributed by atoms with Gasteiger partial charge in [-0.2, -0.15) is 0 Å². The van der Waals surface area contributed by atoms with Gasteiger partial charge in [-0.1, -0.05) is 37.3 Å². The van der Waals surface area contributed by atoms with Crippen molar-refractivity contribution in [3.8, 4) is 17.2 Å². The Morgan fingerprint density at radius 2 is 1.53 bits per heavy atom. The second-order valence-corrected chi connectivity index (χ2v) is 7.53. The van der Waals surface area contributed by atoms with Gasteiger partial charge in [0, 0.05) is 0 Å². The van der Waals surface area contributed by atoms with Gasteiger partial charge in [0.2, 0.25) is 0 Å². The number of benzene rings is 3. The molecule has 166 valence electrons. The van der Waals surface area contributed by atoms with Crippen LogP contribution in [0, 0.1) is 0 Å². The number of halogens is 1. The molecule has 0 aliphatic heterocycles. The fourth-order valence-electron chi connectivity index (χ4n) is 2.73. The molecule has 0 bridgehead atoms. The van der Waals surface area contributed by atoms with E-state index in [2.05, 4.69) is 15.9 Å². The van der Waals surface area contributed by atoms with Crippen LogP contribution >= 0.6 is 15.9 Å². The second kappa shape index (κ2) is 11.9. The molecule has 0 saturated carbocycles. The van der Waals surface area contributed by atoms with Crippen LogP contribution in [0.2, 0.25) is 0 Å². The standard InChI is InChI=1S/C25H23BrO6/c1-2-14-30-23-13-12-18(17-21(23)26)24(27)32-22-11-7-6-10-20(22)25(28)31-16-15-29-19-8-4-3-5-9-19/h3-13,17H,2,14-16H2,1H3. The van der Waals surface area contributed by atoms with Gasteiger partial charge in [0.1, 0.15) is 36.0 Å². The van der Waals surface area contributed by atoms with Crippen LogP contribution in [0.25, 0.3) is 0 Å². The molecule has 0 fully saturated rings. The third-order valence-electron chi connectivity index (χ3n) is 4.27. The van der Waals surface area contributed by atoms with E-state index in [4.69, 9.17) is 18.9 Å². The van der Waals surface area contributed by atoms with Gasteiger partial charge in [0.15, 0.2) is 0 Å². The number of rotatable bonds is 10. The molecule has 3 aromatic rings. The fraction of sp³-hybridized carbons (Fsp3) is 0.200. The van der Waals surface area contributed by atoms with Crippen LogP contribution in [0.4, 0.5) is 0 Å². The average molecular weight is 499 g/mol. The van der Waals surface area contributed by atoms with Crippen molar-refractivity contribution in [2.45, 2.75) is 13.3 Å². The molecule has 7 heteroatoms. The van der Waals surface area contributed by atoms with Crippen molar-refractivity contribution in [2.75, 3.05) is 19.8 Å². The van der Waals surface area contributed by atoms with E-state index in [0.29, 0.717) is 28.1 Å². The Morgan fingerprint density at radius 3 is 2.28 bits per heavy atom. The molecule has 0 N–H and O–H groups in total. The molecule has 0 radical (unpaired) electrons. The maximum Gasteiger partial charge on any atom is 0.343 e. The molecule has 32 heavy (non-hydrogen) atoms. The predicted molar refractivity (Wildman–Crippen MR) is 124 cm³/mol. The first-order chi connectivity index (χ1) is 15.6. The van der Waals surface area contributed by atoms with Crippen LogP contribution in [0.1, 0.15) is 34.1 Å². The first kappa shape index (κ1) is 23.3. The van der Waals surface area contributed by atoms with Crippen molar-refractivity contribution in [1.82, 2.24) is 0 Å². The highest BCUT2D eigenvalue weighted by molar-refractivity contribution is 9.10. The number of carbonyl (C=O) groups excluding carboxylic acids is 2. The van der Waals surface area contributed by atoms with Gasteiger partial charge in [0.25, 0.3) is 0 Å². The van der Waals surface area contributed by atoms with E-state index in [0.717, 1.165) is 6.42 Å². The lowest BCUT2D eigenvalue weighted by Crippen LogP contribution is -2.15. The van der Waals surface area contributed by atoms with Gasteiger partial charge >= 0.3 is 11.9 Å². The lowest BCUT2D eigenvalue weighted by Gasteiger charge is -2.12. The van der Waals surface area contributed by atoms with Gasteiger partial charge in [-0.05, 0) is 64.8 Å². The van der Waals surface area contributed by atoms with Crippen molar-refractivity contribution in [1.29, 1.82) is 0 Å². The Morgan fingerprint density at radius 1 is 0.781 bits per heavy atom. The Hall–Kier alpha value is -3.32. The smallest absolute Gasteiger partial charge is 0.343 e. The highest BCUT2D eigenvalue weighted by Crippen LogP contribution is 2.27. The third-order valence-corrected chi connectivity index (χ3v) is 4.89. The van der Waals surface area contributed by atoms with E-state index >= 15 is 0 Å². The minimum atomic E-state index is -0.602. The van der Waals surface area contributed by atoms with E-state index in [1.165, 1.54) is 0 Å². The summed E-state index contributed by atoms with van der Waals surface area (Å²) in [5.41, 5.74) is 0.475. The molecule has 0 aliphatic rings. The first-order valence-corrected chi connectivity index (χ1v) is 11.0. The van der Waals surface area contributed by atoms with Crippen molar-refractivity contribution in [2.24, 2.45) is 0 Å². The number of hydrogen-bond acceptors (Lipinski definition) is 6. The number of carbonyl (C=O) groups is 2. The van der Waals surface area contributed by atoms with Crippen molar-refractivity contribution in [3.05, 3.63) is 88.4 Å². The molecule has 0 spiro atoms. The van der Waals surface area contributed by atoms with E-state index < -0.39 is 11.9 Å². The summed E-state index contributed by atoms with van der Waals surface area (Å²) in [5.74, 6) is 0.254. The fourth-order valence-corrected chi connectivity index (χ4v) is 3.22. The SMILES string of the molecule is CCCOc1ccc(C(=O)Oc2ccccc2C(=O)OCCOc2ccccc2)cc1Br. The molecule has 0 saturated heterocycles. The van der Waals surface area contributed by atoms with E-state index in [1.807, 2.05) is 37.3 Å². The molecule has 0 unspecified atom stereocenters. The number of hydrogen-bond donors (Lipinski definition) is 0. The Labute approximate surface area is 195 Å². The van der Waals surface area contributed by atoms with Crippen LogP contribution < -0.4 is 14.2 Å². The van der Waals surface area contributed by atoms with Crippen LogP contribution in [-0.2, 0) is 4.74 Å². The third kappa shape index (κ3) is 6.59. The monoisotopic (exact) mass is 498 g/mol. The molecular weight excluding hydrogens is 476 g/mol. The van der Waals surface area contributed by atoms with Crippen LogP contribution in [0.3, 0.4) is 0 Å². The molecule has 3 aromatic carbocycles. The lowest BCUT2D eigenvalue weighted by atomic mass is 10.2. The normalized spacial score (nSPS) is 10.3. The summed E-state index contributed by atoms with van der Waals surface area (Å²) >= 11 is 3.40. The summed E-state index contributed by atoms with van der Waals surface area (Å²) in [5, 5.41) is 0. The number of esters is 2. The van der Waals surface area contributed by atoms with E-state index in [9.17, 15) is 9.59 Å². The summed E-state index contributed by atoms with van der Waals surface area (Å²) in [6, 6.07) is 20.6. The zero-order chi connectivity index (χ0) is 22.8. The summed E-state index contributed by atoms with van der Waals surface area (Å²) in [6.45, 7) is 2.85. The van der Waals surface area contributed by atoms with Gasteiger partial charge in [-0.3, -0.25) is 0 Å². The van der Waals surface area contributed by atoms with Crippen LogP contribution in [0.5, 0.6) is 17.2 Å². The zero-order valence-corrected chi connectivity index (χ0v) is 19.2. The Bertz CT molecular complexity index is 1050. The van der Waals surface area contributed by atoms with Gasteiger partial charge in [-0.25, -0.2) is 9.59 Å². The Kier molecular flexibility index (Phi) is 8.69. The summed E-state index contributed by atoms with van der Waals surface area (Å²) in [7, 11) is 0. The molecular formula is C25H23BrO6. The lowest BCUT2D eigenvalue weighted by molar-refractivity contribution is 0.0445. The molecule has 0 aliphatic carbocycles. The topological polar surface area (TPSA) is 71.1 Å². The number of ether oxygens (including phenoxy) is 4. The maximum atomic E-state index is 12.6. The van der Waals surface area contributed by atoms with Gasteiger partial charge < -0.3 is 18.9 Å². The highest BCUT2D eigenvalue weighted by Gasteiger charge is 2.18. The van der Waals surface area contributed by atoms with Crippen LogP contribution in [-0.4, -0.2) is 31.8 Å². The largest absolute Gasteiger partial charge is 0.492 e. The number of para-hydroxylation sites is 2. The molecule has 0 amide bonds. The van der Waals surface area contributed by atoms with Gasteiger partial charge in [-0.15, -0.1) is 0 Å². The summed E-state index contributed by atoms with van der Waals surface area (Å²) in [6.07, 6.45) is 0.876. The zero-order valence-electron chi connectivity index (χ0n) is 17.6. The van der Waals surface area contributed by atoms with Crippen LogP contribution in [0.15, 0.2) is 77.3 Å². The quantitative estimate of drug-likeness (QED) is 0.203. The summed E-state index contributed by atoms with van der Waals surface area (Å²) < 4.78 is 22.5. The molecule has 0 atom stereocenters. The average Bonchev–Trinajstić information content (AvgIpc) is 2.82. The molecule has 3 rings (SSSR count). The van der Waals surface area contributed by atoms with Gasteiger partial charge in [0.05, 0.1) is 16.6 Å². The van der Waals surface area contributed by atoms with E-state index in [1.54, 1.807) is 42.5 Å². The van der Waals surface area contributed by atoms with Crippen molar-refractivity contribution in [3.63, 3.8) is 0 Å². The minimum Gasteiger partial charge on any atom is -0.492 e.